The first-order valence-corrected chi connectivity index (χ1v) is 8.20. The Morgan fingerprint density at radius 3 is 2.04 bits per heavy atom. The van der Waals surface area contributed by atoms with E-state index in [0.29, 0.717) is 13.1 Å². The Balaban J connectivity index is 1.89. The topological polar surface area (TPSA) is 49.4 Å². The lowest BCUT2D eigenvalue weighted by atomic mass is 10.1. The molecule has 1 N–H and O–H groups in total. The van der Waals surface area contributed by atoms with Crippen LogP contribution >= 0.6 is 0 Å². The molecule has 2 amide bonds. The summed E-state index contributed by atoms with van der Waals surface area (Å²) in [7, 11) is 0. The molecule has 0 fully saturated rings. The van der Waals surface area contributed by atoms with Gasteiger partial charge in [0.2, 0.25) is 11.8 Å². The smallest absolute Gasteiger partial charge is 0.242 e. The number of nitrogens with zero attached hydrogens (tertiary/aromatic N) is 1. The number of hydrogen-bond acceptors (Lipinski definition) is 2. The summed E-state index contributed by atoms with van der Waals surface area (Å²) in [5, 5.41) is 2.92. The highest BCUT2D eigenvalue weighted by molar-refractivity contribution is 5.86. The van der Waals surface area contributed by atoms with Crippen LogP contribution in [-0.4, -0.2) is 29.3 Å². The minimum atomic E-state index is -0.501. The molecule has 1 atom stereocenters. The molecule has 2 aromatic rings. The number of rotatable bonds is 7. The molecule has 0 heterocycles. The van der Waals surface area contributed by atoms with Gasteiger partial charge in [0.05, 0.1) is 0 Å². The van der Waals surface area contributed by atoms with Crippen LogP contribution in [0.3, 0.4) is 0 Å². The van der Waals surface area contributed by atoms with Gasteiger partial charge >= 0.3 is 0 Å². The van der Waals surface area contributed by atoms with Crippen molar-refractivity contribution < 1.29 is 9.59 Å². The van der Waals surface area contributed by atoms with E-state index in [2.05, 4.69) is 5.32 Å². The molecule has 0 aliphatic heterocycles. The second-order valence-corrected chi connectivity index (χ2v) is 5.84. The first kappa shape index (κ1) is 17.7. The fourth-order valence-corrected chi connectivity index (χ4v) is 2.57. The average Bonchev–Trinajstić information content (AvgIpc) is 2.60. The van der Waals surface area contributed by atoms with E-state index in [1.807, 2.05) is 60.7 Å². The van der Waals surface area contributed by atoms with Crippen molar-refractivity contribution in [3.05, 3.63) is 71.8 Å². The maximum atomic E-state index is 12.4. The highest BCUT2D eigenvalue weighted by atomic mass is 16.2. The summed E-state index contributed by atoms with van der Waals surface area (Å²) in [6.07, 6.45) is 0.776. The van der Waals surface area contributed by atoms with Gasteiger partial charge in [0.1, 0.15) is 6.04 Å². The largest absolute Gasteiger partial charge is 0.354 e. The van der Waals surface area contributed by atoms with Gasteiger partial charge in [-0.25, -0.2) is 0 Å². The van der Waals surface area contributed by atoms with Gasteiger partial charge < -0.3 is 10.2 Å². The third-order valence-electron chi connectivity index (χ3n) is 4.00. The minimum absolute atomic E-state index is 0.107. The lowest BCUT2D eigenvalue weighted by Crippen LogP contribution is -2.47. The van der Waals surface area contributed by atoms with Crippen LogP contribution in [0.2, 0.25) is 0 Å². The van der Waals surface area contributed by atoms with Gasteiger partial charge in [0.25, 0.3) is 0 Å². The number of nitrogens with one attached hydrogen (secondary N) is 1. The van der Waals surface area contributed by atoms with Gasteiger partial charge in [-0.15, -0.1) is 0 Å². The van der Waals surface area contributed by atoms with E-state index in [0.717, 1.165) is 12.0 Å². The van der Waals surface area contributed by atoms with Gasteiger partial charge in [-0.05, 0) is 24.5 Å². The van der Waals surface area contributed by atoms with Crippen molar-refractivity contribution in [3.63, 3.8) is 0 Å². The van der Waals surface area contributed by atoms with Gasteiger partial charge in [0.15, 0.2) is 0 Å². The van der Waals surface area contributed by atoms with E-state index in [-0.39, 0.29) is 11.8 Å². The van der Waals surface area contributed by atoms with Crippen LogP contribution in [0.1, 0.15) is 25.0 Å². The monoisotopic (exact) mass is 324 g/mol. The first-order valence-electron chi connectivity index (χ1n) is 8.20. The molecule has 0 bridgehead atoms. The molecule has 0 radical (unpaired) electrons. The molecule has 126 valence electrons. The van der Waals surface area contributed by atoms with Crippen LogP contribution in [-0.2, 0) is 22.6 Å². The predicted molar refractivity (Wildman–Crippen MR) is 95.3 cm³/mol. The van der Waals surface area contributed by atoms with Crippen molar-refractivity contribution in [2.45, 2.75) is 32.9 Å². The van der Waals surface area contributed by atoms with Crippen molar-refractivity contribution in [2.24, 2.45) is 0 Å². The second kappa shape index (κ2) is 8.87. The molecular weight excluding hydrogens is 300 g/mol. The SMILES string of the molecule is CC(=O)N(Cc1ccccc1)[C@H](C)C(=O)NCCc1ccccc1. The summed E-state index contributed by atoms with van der Waals surface area (Å²) < 4.78 is 0. The van der Waals surface area contributed by atoms with Crippen molar-refractivity contribution in [1.29, 1.82) is 0 Å². The quantitative estimate of drug-likeness (QED) is 0.851. The normalized spacial score (nSPS) is 11.6. The van der Waals surface area contributed by atoms with Crippen LogP contribution in [0, 0.1) is 0 Å². The molecule has 2 rings (SSSR count). The third-order valence-corrected chi connectivity index (χ3v) is 4.00. The molecule has 0 aliphatic carbocycles. The van der Waals surface area contributed by atoms with E-state index in [1.54, 1.807) is 11.8 Å². The number of hydrogen-bond donors (Lipinski definition) is 1. The van der Waals surface area contributed by atoms with Gasteiger partial charge in [-0.2, -0.15) is 0 Å². The number of amides is 2. The van der Waals surface area contributed by atoms with E-state index in [9.17, 15) is 9.59 Å². The molecule has 0 saturated heterocycles. The molecule has 0 aliphatic rings. The average molecular weight is 324 g/mol. The Hall–Kier alpha value is -2.62. The predicted octanol–water partition coefficient (Wildman–Crippen LogP) is 2.78. The van der Waals surface area contributed by atoms with Crippen LogP contribution in [0.15, 0.2) is 60.7 Å². The Kier molecular flexibility index (Phi) is 6.55. The van der Waals surface area contributed by atoms with Gasteiger partial charge in [-0.3, -0.25) is 9.59 Å². The maximum Gasteiger partial charge on any atom is 0.242 e. The molecule has 24 heavy (non-hydrogen) atoms. The fourth-order valence-electron chi connectivity index (χ4n) is 2.57. The minimum Gasteiger partial charge on any atom is -0.354 e. The first-order chi connectivity index (χ1) is 11.6. The zero-order chi connectivity index (χ0) is 17.4. The van der Waals surface area contributed by atoms with Crippen LogP contribution in [0.4, 0.5) is 0 Å². The second-order valence-electron chi connectivity index (χ2n) is 5.84. The Labute approximate surface area is 143 Å². The molecule has 4 nitrogen and oxygen atoms in total. The molecule has 0 aromatic heterocycles. The van der Waals surface area contributed by atoms with E-state index in [1.165, 1.54) is 12.5 Å². The standard InChI is InChI=1S/C20H24N2O2/c1-16(20(24)21-14-13-18-9-5-3-6-10-18)22(17(2)23)15-19-11-7-4-8-12-19/h3-12,16H,13-15H2,1-2H3,(H,21,24)/t16-/m1/s1. The highest BCUT2D eigenvalue weighted by Gasteiger charge is 2.23. The summed E-state index contributed by atoms with van der Waals surface area (Å²) >= 11 is 0. The van der Waals surface area contributed by atoms with Crippen LogP contribution < -0.4 is 5.32 Å². The maximum absolute atomic E-state index is 12.4. The summed E-state index contributed by atoms with van der Waals surface area (Å²) in [6.45, 7) is 4.26. The van der Waals surface area contributed by atoms with E-state index >= 15 is 0 Å². The Bertz CT molecular complexity index is 656. The van der Waals surface area contributed by atoms with Crippen molar-refractivity contribution in [1.82, 2.24) is 10.2 Å². The summed E-state index contributed by atoms with van der Waals surface area (Å²) in [4.78, 5) is 25.9. The Morgan fingerprint density at radius 2 is 1.50 bits per heavy atom. The molecule has 0 unspecified atom stereocenters. The zero-order valence-corrected chi connectivity index (χ0v) is 14.2. The van der Waals surface area contributed by atoms with Crippen molar-refractivity contribution >= 4 is 11.8 Å². The molecule has 4 heteroatoms. The van der Waals surface area contributed by atoms with Gasteiger partial charge in [-0.1, -0.05) is 60.7 Å². The third kappa shape index (κ3) is 5.23. The number of benzene rings is 2. The van der Waals surface area contributed by atoms with Crippen molar-refractivity contribution in [3.8, 4) is 0 Å². The molecular formula is C20H24N2O2. The number of carbonyl (C=O) groups excluding carboxylic acids is 2. The lowest BCUT2D eigenvalue weighted by molar-refractivity contribution is -0.138. The zero-order valence-electron chi connectivity index (χ0n) is 14.2. The van der Waals surface area contributed by atoms with Crippen LogP contribution in [0.25, 0.3) is 0 Å². The molecule has 0 saturated carbocycles. The summed E-state index contributed by atoms with van der Waals surface area (Å²) in [5.74, 6) is -0.235. The van der Waals surface area contributed by atoms with Crippen molar-refractivity contribution in [2.75, 3.05) is 6.54 Å². The highest BCUT2D eigenvalue weighted by Crippen LogP contribution is 2.09. The lowest BCUT2D eigenvalue weighted by Gasteiger charge is -2.27. The molecule has 2 aromatic carbocycles. The number of carbonyl (C=O) groups is 2. The van der Waals surface area contributed by atoms with Crippen LogP contribution in [0.5, 0.6) is 0 Å². The van der Waals surface area contributed by atoms with Gasteiger partial charge in [0, 0.05) is 20.0 Å². The summed E-state index contributed by atoms with van der Waals surface area (Å²) in [6, 6.07) is 19.2. The van der Waals surface area contributed by atoms with E-state index < -0.39 is 6.04 Å². The Morgan fingerprint density at radius 1 is 0.958 bits per heavy atom. The molecule has 0 spiro atoms. The summed E-state index contributed by atoms with van der Waals surface area (Å²) in [5.41, 5.74) is 2.19. The fraction of sp³-hybridized carbons (Fsp3) is 0.300. The van der Waals surface area contributed by atoms with E-state index in [4.69, 9.17) is 0 Å².